The average Bonchev–Trinajstić information content (AvgIpc) is 2.46. The number of carbonyl (C=O) groups excluding carboxylic acids is 2. The molecule has 0 bridgehead atoms. The Bertz CT molecular complexity index is 316. The van der Waals surface area contributed by atoms with E-state index < -0.39 is 12.1 Å². The molecule has 0 saturated heterocycles. The van der Waals surface area contributed by atoms with E-state index in [0.717, 1.165) is 0 Å². The van der Waals surface area contributed by atoms with Crippen LogP contribution in [-0.4, -0.2) is 18.1 Å². The molecule has 0 aliphatic heterocycles. The van der Waals surface area contributed by atoms with Gasteiger partial charge < -0.3 is 11.1 Å². The number of primary amides is 1. The fourth-order valence-corrected chi connectivity index (χ4v) is 3.91. The van der Waals surface area contributed by atoms with Crippen molar-refractivity contribution < 1.29 is 9.59 Å². The molecule has 2 aliphatic rings. The molecule has 4 amide bonds. The first kappa shape index (κ1) is 15.1. The maximum Gasteiger partial charge on any atom is 0.323 e. The summed E-state index contributed by atoms with van der Waals surface area (Å²) in [5, 5.41) is 5.18. The highest BCUT2D eigenvalue weighted by Crippen LogP contribution is 2.35. The van der Waals surface area contributed by atoms with Crippen molar-refractivity contribution in [1.29, 1.82) is 0 Å². The van der Waals surface area contributed by atoms with Crippen LogP contribution in [0.25, 0.3) is 0 Å². The number of carbonyl (C=O) groups is 2. The molecule has 114 valence electrons. The minimum atomic E-state index is -0.784. The van der Waals surface area contributed by atoms with Crippen LogP contribution < -0.4 is 16.4 Å². The van der Waals surface area contributed by atoms with Gasteiger partial charge in [-0.25, -0.2) is 9.59 Å². The summed E-state index contributed by atoms with van der Waals surface area (Å²) >= 11 is 0. The maximum atomic E-state index is 11.8. The van der Waals surface area contributed by atoms with Crippen LogP contribution in [0.2, 0.25) is 0 Å². The van der Waals surface area contributed by atoms with Crippen molar-refractivity contribution in [3.63, 3.8) is 0 Å². The molecule has 2 fully saturated rings. The molecular weight excluding hydrogens is 254 g/mol. The first-order valence-corrected chi connectivity index (χ1v) is 8.04. The highest BCUT2D eigenvalue weighted by molar-refractivity contribution is 5.92. The van der Waals surface area contributed by atoms with E-state index in [1.807, 2.05) is 0 Å². The van der Waals surface area contributed by atoms with Gasteiger partial charge in [0.25, 0.3) is 0 Å². The Morgan fingerprint density at radius 3 is 1.70 bits per heavy atom. The fourth-order valence-electron chi connectivity index (χ4n) is 3.91. The molecule has 0 aromatic heterocycles. The Labute approximate surface area is 121 Å². The molecule has 0 radical (unpaired) electrons. The van der Waals surface area contributed by atoms with E-state index in [2.05, 4.69) is 10.6 Å². The normalized spacial score (nSPS) is 21.6. The number of nitrogens with two attached hydrogens (primary N) is 1. The molecule has 4 N–H and O–H groups in total. The van der Waals surface area contributed by atoms with E-state index >= 15 is 0 Å². The first-order valence-electron chi connectivity index (χ1n) is 8.04. The van der Waals surface area contributed by atoms with Crippen molar-refractivity contribution in [1.82, 2.24) is 10.6 Å². The quantitative estimate of drug-likeness (QED) is 0.743. The molecule has 2 saturated carbocycles. The van der Waals surface area contributed by atoms with Gasteiger partial charge in [0.2, 0.25) is 0 Å². The van der Waals surface area contributed by atoms with E-state index in [0.29, 0.717) is 11.8 Å². The van der Waals surface area contributed by atoms with Gasteiger partial charge in [-0.05, 0) is 37.5 Å². The van der Waals surface area contributed by atoms with Gasteiger partial charge in [-0.2, -0.15) is 0 Å². The molecule has 0 aromatic rings. The number of rotatable bonds is 3. The van der Waals surface area contributed by atoms with Crippen molar-refractivity contribution in [2.24, 2.45) is 17.6 Å². The summed E-state index contributed by atoms with van der Waals surface area (Å²) in [6.07, 6.45) is 12.4. The van der Waals surface area contributed by atoms with Crippen LogP contribution in [0.5, 0.6) is 0 Å². The van der Waals surface area contributed by atoms with Crippen LogP contribution in [0.4, 0.5) is 9.59 Å². The highest BCUT2D eigenvalue weighted by Gasteiger charge is 2.32. The van der Waals surface area contributed by atoms with Crippen LogP contribution in [0.3, 0.4) is 0 Å². The minimum Gasteiger partial charge on any atom is -0.351 e. The Morgan fingerprint density at radius 1 is 0.850 bits per heavy atom. The number of amides is 4. The lowest BCUT2D eigenvalue weighted by Gasteiger charge is -2.38. The van der Waals surface area contributed by atoms with Gasteiger partial charge in [-0.3, -0.25) is 5.32 Å². The molecule has 0 heterocycles. The standard InChI is InChI=1S/C15H27N3O2/c16-14(19)18-15(20)17-13(11-7-3-1-4-8-11)12-9-5-2-6-10-12/h11-13H,1-10H2,(H4,16,17,18,19,20). The van der Waals surface area contributed by atoms with Crippen molar-refractivity contribution in [3.05, 3.63) is 0 Å². The number of imide groups is 1. The lowest BCUT2D eigenvalue weighted by Crippen LogP contribution is -2.52. The Balaban J connectivity index is 1.98. The molecule has 0 unspecified atom stereocenters. The minimum absolute atomic E-state index is 0.204. The zero-order chi connectivity index (χ0) is 14.4. The summed E-state index contributed by atoms with van der Waals surface area (Å²) < 4.78 is 0. The fraction of sp³-hybridized carbons (Fsp3) is 0.867. The molecule has 2 rings (SSSR count). The third kappa shape index (κ3) is 4.39. The first-order chi connectivity index (χ1) is 9.66. The SMILES string of the molecule is NC(=O)NC(=O)NC(C1CCCCC1)C1CCCCC1. The monoisotopic (exact) mass is 281 g/mol. The maximum absolute atomic E-state index is 11.8. The number of urea groups is 2. The van der Waals surface area contributed by atoms with E-state index in [4.69, 9.17) is 5.73 Å². The van der Waals surface area contributed by atoms with Crippen LogP contribution >= 0.6 is 0 Å². The zero-order valence-corrected chi connectivity index (χ0v) is 12.2. The van der Waals surface area contributed by atoms with Gasteiger partial charge in [-0.1, -0.05) is 38.5 Å². The predicted molar refractivity (Wildman–Crippen MR) is 78.2 cm³/mol. The molecule has 5 heteroatoms. The molecule has 2 aliphatic carbocycles. The molecule has 0 aromatic carbocycles. The second-order valence-corrected chi connectivity index (χ2v) is 6.28. The molecule has 5 nitrogen and oxygen atoms in total. The number of hydrogen-bond donors (Lipinski definition) is 3. The van der Waals surface area contributed by atoms with Gasteiger partial charge >= 0.3 is 12.1 Å². The summed E-state index contributed by atoms with van der Waals surface area (Å²) in [4.78, 5) is 22.6. The molecular formula is C15H27N3O2. The van der Waals surface area contributed by atoms with Crippen molar-refractivity contribution in [2.75, 3.05) is 0 Å². The van der Waals surface area contributed by atoms with Crippen LogP contribution in [-0.2, 0) is 0 Å². The summed E-state index contributed by atoms with van der Waals surface area (Å²) in [5.74, 6) is 1.12. The van der Waals surface area contributed by atoms with Crippen molar-refractivity contribution in [2.45, 2.75) is 70.3 Å². The lowest BCUT2D eigenvalue weighted by molar-refractivity contribution is 0.169. The zero-order valence-electron chi connectivity index (χ0n) is 12.2. The van der Waals surface area contributed by atoms with Crippen molar-refractivity contribution >= 4 is 12.1 Å². The molecule has 20 heavy (non-hydrogen) atoms. The third-order valence-electron chi connectivity index (χ3n) is 4.85. The van der Waals surface area contributed by atoms with E-state index in [1.165, 1.54) is 64.2 Å². The van der Waals surface area contributed by atoms with Crippen molar-refractivity contribution in [3.8, 4) is 0 Å². The summed E-state index contributed by atoms with van der Waals surface area (Å²) in [7, 11) is 0. The largest absolute Gasteiger partial charge is 0.351 e. The number of nitrogens with one attached hydrogen (secondary N) is 2. The predicted octanol–water partition coefficient (Wildman–Crippen LogP) is 2.89. The Morgan fingerprint density at radius 2 is 1.30 bits per heavy atom. The van der Waals surface area contributed by atoms with Crippen LogP contribution in [0.15, 0.2) is 0 Å². The second kappa shape index (κ2) is 7.50. The summed E-state index contributed by atoms with van der Waals surface area (Å²) in [6.45, 7) is 0. The molecule has 0 spiro atoms. The number of hydrogen-bond acceptors (Lipinski definition) is 2. The summed E-state index contributed by atoms with van der Waals surface area (Å²) in [5.41, 5.74) is 5.02. The van der Waals surface area contributed by atoms with Gasteiger partial charge in [-0.15, -0.1) is 0 Å². The lowest BCUT2D eigenvalue weighted by atomic mass is 9.74. The molecule has 0 atom stereocenters. The second-order valence-electron chi connectivity index (χ2n) is 6.28. The van der Waals surface area contributed by atoms with Crippen LogP contribution in [0.1, 0.15) is 64.2 Å². The van der Waals surface area contributed by atoms with Gasteiger partial charge in [0.1, 0.15) is 0 Å². The van der Waals surface area contributed by atoms with Gasteiger partial charge in [0.15, 0.2) is 0 Å². The summed E-state index contributed by atoms with van der Waals surface area (Å²) in [6, 6.07) is -1.01. The third-order valence-corrected chi connectivity index (χ3v) is 4.85. The average molecular weight is 281 g/mol. The smallest absolute Gasteiger partial charge is 0.323 e. The van der Waals surface area contributed by atoms with E-state index in [-0.39, 0.29) is 6.04 Å². The topological polar surface area (TPSA) is 84.2 Å². The Kier molecular flexibility index (Phi) is 5.68. The Hall–Kier alpha value is -1.26. The van der Waals surface area contributed by atoms with Crippen LogP contribution in [0, 0.1) is 11.8 Å². The van der Waals surface area contributed by atoms with Gasteiger partial charge in [0, 0.05) is 6.04 Å². The van der Waals surface area contributed by atoms with E-state index in [1.54, 1.807) is 0 Å². The van der Waals surface area contributed by atoms with Gasteiger partial charge in [0.05, 0.1) is 0 Å². The van der Waals surface area contributed by atoms with E-state index in [9.17, 15) is 9.59 Å². The highest BCUT2D eigenvalue weighted by atomic mass is 16.2.